The largest absolute Gasteiger partial charge is 0.346 e. The first-order chi connectivity index (χ1) is 8.74. The lowest BCUT2D eigenvalue weighted by Crippen LogP contribution is -2.07. The molecule has 0 N–H and O–H groups in total. The molecule has 1 aromatic carbocycles. The van der Waals surface area contributed by atoms with E-state index >= 15 is 0 Å². The van der Waals surface area contributed by atoms with Gasteiger partial charge in [-0.15, -0.1) is 0 Å². The Hall–Kier alpha value is -1.72. The van der Waals surface area contributed by atoms with Gasteiger partial charge in [0.1, 0.15) is 5.82 Å². The third-order valence-electron chi connectivity index (χ3n) is 2.83. The third-order valence-corrected chi connectivity index (χ3v) is 2.83. The molecule has 18 heavy (non-hydrogen) atoms. The molecule has 1 aromatic heterocycles. The van der Waals surface area contributed by atoms with Crippen molar-refractivity contribution >= 4 is 0 Å². The van der Waals surface area contributed by atoms with Gasteiger partial charge in [-0.3, -0.25) is 0 Å². The zero-order valence-electron chi connectivity index (χ0n) is 9.97. The molecule has 94 valence electrons. The van der Waals surface area contributed by atoms with E-state index in [2.05, 4.69) is 5.10 Å². The van der Waals surface area contributed by atoms with Crippen molar-refractivity contribution in [2.24, 2.45) is 0 Å². The summed E-state index contributed by atoms with van der Waals surface area (Å²) in [5.41, 5.74) is 2.34. The van der Waals surface area contributed by atoms with Crippen LogP contribution in [0.15, 0.2) is 30.5 Å². The maximum absolute atomic E-state index is 13.4. The average molecular weight is 248 g/mol. The molecule has 2 heterocycles. The molecule has 1 aliphatic rings. The Kier molecular flexibility index (Phi) is 2.85. The fourth-order valence-electron chi connectivity index (χ4n) is 2.01. The van der Waals surface area contributed by atoms with Crippen LogP contribution in [-0.4, -0.2) is 23.0 Å². The highest BCUT2D eigenvalue weighted by molar-refractivity contribution is 5.42. The van der Waals surface area contributed by atoms with Crippen LogP contribution in [0.4, 0.5) is 4.39 Å². The van der Waals surface area contributed by atoms with E-state index in [0.29, 0.717) is 18.8 Å². The number of hydrogen-bond donors (Lipinski definition) is 0. The van der Waals surface area contributed by atoms with Crippen LogP contribution in [0.5, 0.6) is 0 Å². The Bertz CT molecular complexity index is 562. The molecule has 0 amide bonds. The molecule has 0 unspecified atom stereocenters. The first kappa shape index (κ1) is 11.4. The summed E-state index contributed by atoms with van der Waals surface area (Å²) in [5.74, 6) is -0.309. The normalized spacial score (nSPS) is 16.3. The second kappa shape index (κ2) is 4.51. The standard InChI is InChI=1S/C13H13FN2O2/c1-9-4-5-16(15-9)12-3-2-10(14)8-11(12)13-17-6-7-18-13/h2-5,8,13H,6-7H2,1H3. The molecule has 0 radical (unpaired) electrons. The van der Waals surface area contributed by atoms with Crippen molar-refractivity contribution in [1.29, 1.82) is 0 Å². The predicted molar refractivity (Wildman–Crippen MR) is 62.9 cm³/mol. The summed E-state index contributed by atoms with van der Waals surface area (Å²) in [5, 5.41) is 4.33. The molecule has 1 saturated heterocycles. The predicted octanol–water partition coefficient (Wildman–Crippen LogP) is 2.37. The second-order valence-corrected chi connectivity index (χ2v) is 4.18. The molecule has 0 bridgehead atoms. The number of hydrogen-bond acceptors (Lipinski definition) is 3. The van der Waals surface area contributed by atoms with E-state index in [1.807, 2.05) is 19.2 Å². The minimum absolute atomic E-state index is 0.309. The summed E-state index contributed by atoms with van der Waals surface area (Å²) in [6.45, 7) is 2.96. The highest BCUT2D eigenvalue weighted by Gasteiger charge is 2.23. The molecule has 0 atom stereocenters. The van der Waals surface area contributed by atoms with E-state index in [1.165, 1.54) is 12.1 Å². The number of ether oxygens (including phenoxy) is 2. The van der Waals surface area contributed by atoms with Gasteiger partial charge < -0.3 is 9.47 Å². The van der Waals surface area contributed by atoms with Crippen molar-refractivity contribution in [3.63, 3.8) is 0 Å². The number of halogens is 1. The summed E-state index contributed by atoms with van der Waals surface area (Å²) in [6, 6.07) is 6.42. The molecule has 0 saturated carbocycles. The molecule has 0 aliphatic carbocycles. The van der Waals surface area contributed by atoms with Crippen molar-refractivity contribution in [3.05, 3.63) is 47.5 Å². The van der Waals surface area contributed by atoms with Gasteiger partial charge in [0.2, 0.25) is 0 Å². The topological polar surface area (TPSA) is 36.3 Å². The highest BCUT2D eigenvalue weighted by Crippen LogP contribution is 2.29. The molecule has 3 rings (SSSR count). The molecule has 0 spiro atoms. The van der Waals surface area contributed by atoms with E-state index in [0.717, 1.165) is 11.4 Å². The summed E-state index contributed by atoms with van der Waals surface area (Å²) >= 11 is 0. The van der Waals surface area contributed by atoms with Gasteiger partial charge in [0, 0.05) is 11.8 Å². The SMILES string of the molecule is Cc1ccn(-c2ccc(F)cc2C2OCCO2)n1. The number of aryl methyl sites for hydroxylation is 1. The van der Waals surface area contributed by atoms with Gasteiger partial charge in [-0.25, -0.2) is 9.07 Å². The maximum Gasteiger partial charge on any atom is 0.186 e. The first-order valence-electron chi connectivity index (χ1n) is 5.79. The van der Waals surface area contributed by atoms with Crippen molar-refractivity contribution in [1.82, 2.24) is 9.78 Å². The van der Waals surface area contributed by atoms with E-state index in [1.54, 1.807) is 10.7 Å². The summed E-state index contributed by atoms with van der Waals surface area (Å²) in [6.07, 6.45) is 1.32. The van der Waals surface area contributed by atoms with Crippen LogP contribution in [0, 0.1) is 12.7 Å². The van der Waals surface area contributed by atoms with Gasteiger partial charge in [0.05, 0.1) is 24.6 Å². The summed E-state index contributed by atoms with van der Waals surface area (Å²) in [4.78, 5) is 0. The zero-order chi connectivity index (χ0) is 12.5. The second-order valence-electron chi connectivity index (χ2n) is 4.18. The smallest absolute Gasteiger partial charge is 0.186 e. The van der Waals surface area contributed by atoms with E-state index in [-0.39, 0.29) is 5.82 Å². The average Bonchev–Trinajstić information content (AvgIpc) is 2.99. The number of aromatic nitrogens is 2. The zero-order valence-corrected chi connectivity index (χ0v) is 9.97. The number of nitrogens with zero attached hydrogens (tertiary/aromatic N) is 2. The lowest BCUT2D eigenvalue weighted by Gasteiger charge is -2.14. The van der Waals surface area contributed by atoms with Gasteiger partial charge >= 0.3 is 0 Å². The van der Waals surface area contributed by atoms with Crippen LogP contribution < -0.4 is 0 Å². The van der Waals surface area contributed by atoms with Gasteiger partial charge in [-0.05, 0) is 31.2 Å². The minimum Gasteiger partial charge on any atom is -0.346 e. The van der Waals surface area contributed by atoms with Gasteiger partial charge in [0.15, 0.2) is 6.29 Å². The molecule has 1 fully saturated rings. The van der Waals surface area contributed by atoms with Crippen molar-refractivity contribution in [2.75, 3.05) is 13.2 Å². The molecule has 1 aliphatic heterocycles. The lowest BCUT2D eigenvalue weighted by atomic mass is 10.1. The van der Waals surface area contributed by atoms with E-state index in [9.17, 15) is 4.39 Å². The first-order valence-corrected chi connectivity index (χ1v) is 5.79. The van der Waals surface area contributed by atoms with Crippen LogP contribution in [0.25, 0.3) is 5.69 Å². The fourth-order valence-corrected chi connectivity index (χ4v) is 2.01. The number of benzene rings is 1. The Morgan fingerprint density at radius 1 is 1.28 bits per heavy atom. The molecule has 4 nitrogen and oxygen atoms in total. The van der Waals surface area contributed by atoms with E-state index in [4.69, 9.17) is 9.47 Å². The highest BCUT2D eigenvalue weighted by atomic mass is 19.1. The van der Waals surface area contributed by atoms with Crippen LogP contribution in [0.1, 0.15) is 17.5 Å². The van der Waals surface area contributed by atoms with Crippen molar-refractivity contribution in [2.45, 2.75) is 13.2 Å². The molecular formula is C13H13FN2O2. The Labute approximate surface area is 104 Å². The lowest BCUT2D eigenvalue weighted by molar-refractivity contribution is -0.0443. The summed E-state index contributed by atoms with van der Waals surface area (Å²) < 4.78 is 26.0. The van der Waals surface area contributed by atoms with Crippen LogP contribution in [0.2, 0.25) is 0 Å². The quantitative estimate of drug-likeness (QED) is 0.818. The Balaban J connectivity index is 2.07. The van der Waals surface area contributed by atoms with Crippen LogP contribution in [-0.2, 0) is 9.47 Å². The van der Waals surface area contributed by atoms with E-state index < -0.39 is 6.29 Å². The number of rotatable bonds is 2. The van der Waals surface area contributed by atoms with Gasteiger partial charge in [-0.2, -0.15) is 5.10 Å². The van der Waals surface area contributed by atoms with Gasteiger partial charge in [0.25, 0.3) is 0 Å². The van der Waals surface area contributed by atoms with Crippen LogP contribution >= 0.6 is 0 Å². The van der Waals surface area contributed by atoms with Crippen LogP contribution in [0.3, 0.4) is 0 Å². The Morgan fingerprint density at radius 3 is 2.72 bits per heavy atom. The van der Waals surface area contributed by atoms with Gasteiger partial charge in [-0.1, -0.05) is 0 Å². The van der Waals surface area contributed by atoms with Crippen molar-refractivity contribution in [3.8, 4) is 5.69 Å². The minimum atomic E-state index is -0.514. The van der Waals surface area contributed by atoms with Crippen molar-refractivity contribution < 1.29 is 13.9 Å². The fraction of sp³-hybridized carbons (Fsp3) is 0.308. The summed E-state index contributed by atoms with van der Waals surface area (Å²) in [7, 11) is 0. The monoisotopic (exact) mass is 248 g/mol. The maximum atomic E-state index is 13.4. The third kappa shape index (κ3) is 2.02. The molecule has 2 aromatic rings. The Morgan fingerprint density at radius 2 is 2.06 bits per heavy atom. The molecule has 5 heteroatoms. The molecular weight excluding hydrogens is 235 g/mol.